The summed E-state index contributed by atoms with van der Waals surface area (Å²) < 4.78 is 0. The van der Waals surface area contributed by atoms with Crippen molar-refractivity contribution in [3.05, 3.63) is 84.4 Å². The lowest BCUT2D eigenvalue weighted by molar-refractivity contribution is -0.0980. The lowest BCUT2D eigenvalue weighted by Gasteiger charge is -2.33. The van der Waals surface area contributed by atoms with E-state index in [0.717, 1.165) is 12.0 Å². The second-order valence-corrected chi connectivity index (χ2v) is 9.08. The Balaban J connectivity index is 0.000000279. The Morgan fingerprint density at radius 1 is 0.633 bits per heavy atom. The summed E-state index contributed by atoms with van der Waals surface area (Å²) in [5.74, 6) is 0.644. The van der Waals surface area contributed by atoms with Crippen molar-refractivity contribution in [2.24, 2.45) is 5.41 Å². The standard InChI is InChI=1S/C14H22O.C12H10O.CH2O/c1-13(2,3)10-14(4,5)11-6-8-12(15)9-7-11;13-12-8-6-11(7-9-12)10-4-2-1-3-5-10;1-2/h6-9,15H,10H2,1-5H3;1-9,13H;1H2. The van der Waals surface area contributed by atoms with E-state index in [-0.39, 0.29) is 5.41 Å². The molecule has 0 saturated carbocycles. The number of benzene rings is 3. The third kappa shape index (κ3) is 8.52. The van der Waals surface area contributed by atoms with Crippen molar-refractivity contribution in [3.63, 3.8) is 0 Å². The Bertz CT molecular complexity index is 859. The monoisotopic (exact) mass is 406 g/mol. The summed E-state index contributed by atoms with van der Waals surface area (Å²) in [5.41, 5.74) is 4.06. The molecule has 0 heterocycles. The van der Waals surface area contributed by atoms with Gasteiger partial charge in [0.25, 0.3) is 0 Å². The first kappa shape index (κ1) is 25.0. The highest BCUT2D eigenvalue weighted by atomic mass is 16.3. The van der Waals surface area contributed by atoms with Crippen LogP contribution < -0.4 is 0 Å². The van der Waals surface area contributed by atoms with Gasteiger partial charge in [-0.2, -0.15) is 0 Å². The van der Waals surface area contributed by atoms with Gasteiger partial charge in [0.2, 0.25) is 0 Å². The lowest BCUT2D eigenvalue weighted by Crippen LogP contribution is -2.24. The van der Waals surface area contributed by atoms with Crippen molar-refractivity contribution in [1.82, 2.24) is 0 Å². The van der Waals surface area contributed by atoms with Gasteiger partial charge in [0, 0.05) is 0 Å². The van der Waals surface area contributed by atoms with Crippen molar-refractivity contribution < 1.29 is 15.0 Å². The normalized spacial score (nSPS) is 10.8. The first-order chi connectivity index (χ1) is 14.1. The largest absolute Gasteiger partial charge is 0.508 e. The Morgan fingerprint density at radius 3 is 1.47 bits per heavy atom. The second kappa shape index (κ2) is 11.2. The van der Waals surface area contributed by atoms with Crippen molar-refractivity contribution >= 4 is 6.79 Å². The molecule has 2 N–H and O–H groups in total. The molecular formula is C27H34O3. The molecule has 0 aliphatic rings. The number of hydrogen-bond donors (Lipinski definition) is 2. The van der Waals surface area contributed by atoms with E-state index in [2.05, 4.69) is 34.6 Å². The summed E-state index contributed by atoms with van der Waals surface area (Å²) in [6.07, 6.45) is 1.13. The number of phenolic OH excluding ortho intramolecular Hbond substituents is 2. The number of carbonyl (C=O) groups is 1. The van der Waals surface area contributed by atoms with Gasteiger partial charge in [0.15, 0.2) is 0 Å². The van der Waals surface area contributed by atoms with Gasteiger partial charge < -0.3 is 15.0 Å². The van der Waals surface area contributed by atoms with E-state index >= 15 is 0 Å². The summed E-state index contributed by atoms with van der Waals surface area (Å²) in [5, 5.41) is 18.4. The van der Waals surface area contributed by atoms with E-state index in [1.54, 1.807) is 24.3 Å². The van der Waals surface area contributed by atoms with E-state index in [1.807, 2.05) is 61.4 Å². The first-order valence-electron chi connectivity index (χ1n) is 10.00. The molecule has 0 aromatic heterocycles. The molecule has 0 aliphatic carbocycles. The molecule has 0 fully saturated rings. The van der Waals surface area contributed by atoms with Crippen LogP contribution in [0.3, 0.4) is 0 Å². The molecule has 3 heteroatoms. The van der Waals surface area contributed by atoms with Gasteiger partial charge in [0.1, 0.15) is 18.3 Å². The summed E-state index contributed by atoms with van der Waals surface area (Å²) in [6, 6.07) is 24.9. The van der Waals surface area contributed by atoms with E-state index in [0.29, 0.717) is 16.9 Å². The second-order valence-electron chi connectivity index (χ2n) is 9.08. The fraction of sp³-hybridized carbons (Fsp3) is 0.296. The van der Waals surface area contributed by atoms with E-state index in [9.17, 15) is 5.11 Å². The average molecular weight is 407 g/mol. The fourth-order valence-electron chi connectivity index (χ4n) is 3.62. The zero-order valence-electron chi connectivity index (χ0n) is 18.7. The van der Waals surface area contributed by atoms with Gasteiger partial charge in [-0.25, -0.2) is 0 Å². The molecule has 0 spiro atoms. The minimum atomic E-state index is 0.159. The molecule has 30 heavy (non-hydrogen) atoms. The molecular weight excluding hydrogens is 372 g/mol. The van der Waals surface area contributed by atoms with Crippen molar-refractivity contribution in [1.29, 1.82) is 0 Å². The topological polar surface area (TPSA) is 57.5 Å². The zero-order valence-corrected chi connectivity index (χ0v) is 18.7. The number of hydrogen-bond acceptors (Lipinski definition) is 3. The van der Waals surface area contributed by atoms with Crippen LogP contribution in [-0.2, 0) is 10.2 Å². The van der Waals surface area contributed by atoms with Crippen LogP contribution in [0, 0.1) is 5.41 Å². The maximum atomic E-state index is 9.25. The van der Waals surface area contributed by atoms with Crippen LogP contribution >= 0.6 is 0 Å². The number of rotatable bonds is 3. The van der Waals surface area contributed by atoms with Crippen LogP contribution in [0.5, 0.6) is 11.5 Å². The average Bonchev–Trinajstić information content (AvgIpc) is 2.70. The maximum Gasteiger partial charge on any atom is 0.115 e. The van der Waals surface area contributed by atoms with Crippen LogP contribution in [0.2, 0.25) is 0 Å². The predicted molar refractivity (Wildman–Crippen MR) is 126 cm³/mol. The highest BCUT2D eigenvalue weighted by molar-refractivity contribution is 5.63. The predicted octanol–water partition coefficient (Wildman–Crippen LogP) is 6.98. The minimum Gasteiger partial charge on any atom is -0.508 e. The highest BCUT2D eigenvalue weighted by Gasteiger charge is 2.26. The molecule has 0 aliphatic heterocycles. The summed E-state index contributed by atoms with van der Waals surface area (Å²) >= 11 is 0. The molecule has 3 nitrogen and oxygen atoms in total. The molecule has 0 radical (unpaired) electrons. The molecule has 0 saturated heterocycles. The Labute approximate surface area is 181 Å². The van der Waals surface area contributed by atoms with Crippen molar-refractivity contribution in [2.45, 2.75) is 46.5 Å². The van der Waals surface area contributed by atoms with Crippen LogP contribution in [-0.4, -0.2) is 17.0 Å². The smallest absolute Gasteiger partial charge is 0.115 e. The van der Waals surface area contributed by atoms with Gasteiger partial charge in [-0.1, -0.05) is 89.2 Å². The summed E-state index contributed by atoms with van der Waals surface area (Å²) in [7, 11) is 0. The van der Waals surface area contributed by atoms with E-state index in [1.165, 1.54) is 11.1 Å². The number of carbonyl (C=O) groups excluding carboxylic acids is 1. The van der Waals surface area contributed by atoms with E-state index < -0.39 is 0 Å². The van der Waals surface area contributed by atoms with Gasteiger partial charge in [-0.3, -0.25) is 0 Å². The maximum absolute atomic E-state index is 9.25. The van der Waals surface area contributed by atoms with Crippen molar-refractivity contribution in [3.8, 4) is 22.6 Å². The Kier molecular flexibility index (Phi) is 9.32. The zero-order chi connectivity index (χ0) is 22.8. The Hall–Kier alpha value is -3.07. The Morgan fingerprint density at radius 2 is 1.03 bits per heavy atom. The SMILES string of the molecule is C=O.CC(C)(C)CC(C)(C)c1ccc(O)cc1.Oc1ccc(-c2ccccc2)cc1. The number of phenols is 2. The summed E-state index contributed by atoms with van der Waals surface area (Å²) in [6.45, 7) is 13.3. The minimum absolute atomic E-state index is 0.159. The first-order valence-corrected chi connectivity index (χ1v) is 10.00. The molecule has 160 valence electrons. The van der Waals surface area contributed by atoms with Gasteiger partial charge in [-0.15, -0.1) is 0 Å². The molecule has 0 amide bonds. The molecule has 0 atom stereocenters. The fourth-order valence-corrected chi connectivity index (χ4v) is 3.62. The molecule has 0 unspecified atom stereocenters. The third-order valence-electron chi connectivity index (χ3n) is 4.60. The van der Waals surface area contributed by atoms with E-state index in [4.69, 9.17) is 9.90 Å². The van der Waals surface area contributed by atoms with Crippen LogP contribution in [0.4, 0.5) is 0 Å². The molecule has 3 aromatic carbocycles. The highest BCUT2D eigenvalue weighted by Crippen LogP contribution is 2.36. The van der Waals surface area contributed by atoms with Crippen LogP contribution in [0.1, 0.15) is 46.6 Å². The van der Waals surface area contributed by atoms with Crippen LogP contribution in [0.25, 0.3) is 11.1 Å². The van der Waals surface area contributed by atoms with Gasteiger partial charge in [-0.05, 0) is 58.2 Å². The van der Waals surface area contributed by atoms with Gasteiger partial charge >= 0.3 is 0 Å². The lowest BCUT2D eigenvalue weighted by atomic mass is 9.72. The quantitative estimate of drug-likeness (QED) is 0.493. The molecule has 3 aromatic rings. The molecule has 3 rings (SSSR count). The van der Waals surface area contributed by atoms with Crippen molar-refractivity contribution in [2.75, 3.05) is 0 Å². The van der Waals surface area contributed by atoms with Gasteiger partial charge in [0.05, 0.1) is 0 Å². The van der Waals surface area contributed by atoms with Crippen LogP contribution in [0.15, 0.2) is 78.9 Å². The number of aromatic hydroxyl groups is 2. The summed E-state index contributed by atoms with van der Waals surface area (Å²) in [4.78, 5) is 8.00. The molecule has 0 bridgehead atoms. The third-order valence-corrected chi connectivity index (χ3v) is 4.60.